The van der Waals surface area contributed by atoms with E-state index in [2.05, 4.69) is 0 Å². The fourth-order valence-corrected chi connectivity index (χ4v) is 2.23. The number of allylic oxidation sites excluding steroid dienone is 2. The lowest BCUT2D eigenvalue weighted by atomic mass is 9.68. The van der Waals surface area contributed by atoms with E-state index in [0.717, 1.165) is 0 Å². The molecule has 1 aliphatic rings. The second-order valence-electron chi connectivity index (χ2n) is 5.90. The zero-order valence-electron chi connectivity index (χ0n) is 11.6. The summed E-state index contributed by atoms with van der Waals surface area (Å²) >= 11 is 0. The first-order valence-electron chi connectivity index (χ1n) is 6.22. The van der Waals surface area contributed by atoms with E-state index < -0.39 is 22.9 Å². The monoisotopic (exact) mass is 267 g/mol. The molecule has 1 aliphatic carbocycles. The molecule has 0 radical (unpaired) electrons. The zero-order chi connectivity index (χ0) is 14.8. The van der Waals surface area contributed by atoms with Crippen molar-refractivity contribution in [2.75, 3.05) is 0 Å². The normalized spacial score (nSPS) is 23.6. The Labute approximate surface area is 112 Å². The molecule has 0 aromatic rings. The number of aliphatic carboxylic acids is 2. The maximum absolute atomic E-state index is 11.7. The molecule has 1 atom stereocenters. The van der Waals surface area contributed by atoms with Crippen LogP contribution in [0.15, 0.2) is 23.3 Å². The van der Waals surface area contributed by atoms with Gasteiger partial charge in [0, 0.05) is 11.1 Å². The highest BCUT2D eigenvalue weighted by Gasteiger charge is 2.43. The number of carboxylic acids is 2. The minimum absolute atomic E-state index is 0.0100. The predicted octanol–water partition coefficient (Wildman–Crippen LogP) is 1.94. The van der Waals surface area contributed by atoms with E-state index in [1.807, 2.05) is 13.8 Å². The van der Waals surface area contributed by atoms with E-state index in [4.69, 9.17) is 10.8 Å². The van der Waals surface area contributed by atoms with Crippen LogP contribution in [-0.4, -0.2) is 27.7 Å². The van der Waals surface area contributed by atoms with Gasteiger partial charge in [-0.2, -0.15) is 0 Å². The van der Waals surface area contributed by atoms with Gasteiger partial charge in [0.15, 0.2) is 0 Å². The van der Waals surface area contributed by atoms with Crippen LogP contribution in [0.3, 0.4) is 0 Å². The number of carbonyl (C=O) groups is 2. The Hall–Kier alpha value is -1.62. The van der Waals surface area contributed by atoms with Crippen LogP contribution in [0.2, 0.25) is 0 Å². The summed E-state index contributed by atoms with van der Waals surface area (Å²) < 4.78 is 0. The fraction of sp³-hybridized carbons (Fsp3) is 0.571. The summed E-state index contributed by atoms with van der Waals surface area (Å²) in [5, 5.41) is 18.6. The number of carboxylic acid groups (broad SMARTS) is 2. The van der Waals surface area contributed by atoms with Gasteiger partial charge in [0.05, 0.1) is 5.41 Å². The molecule has 0 amide bonds. The standard InChI is InChI=1S/C14H21NO4/c1-9-4-5-10(11(16)17)8-14(9,12(18)19)7-6-13(2,3)15/h4-5H,6-8,15H2,1-3H3,(H,16,17)(H,18,19). The molecular formula is C14H21NO4. The van der Waals surface area contributed by atoms with Crippen molar-refractivity contribution in [1.82, 2.24) is 0 Å². The maximum Gasteiger partial charge on any atom is 0.331 e. The van der Waals surface area contributed by atoms with Gasteiger partial charge in [0.25, 0.3) is 0 Å². The summed E-state index contributed by atoms with van der Waals surface area (Å²) in [5.41, 5.74) is 5.08. The van der Waals surface area contributed by atoms with Gasteiger partial charge in [0.1, 0.15) is 0 Å². The lowest BCUT2D eigenvalue weighted by Crippen LogP contribution is -2.40. The maximum atomic E-state index is 11.7. The predicted molar refractivity (Wildman–Crippen MR) is 71.7 cm³/mol. The van der Waals surface area contributed by atoms with Crippen molar-refractivity contribution in [1.29, 1.82) is 0 Å². The molecule has 0 bridgehead atoms. The van der Waals surface area contributed by atoms with Crippen LogP contribution in [0.4, 0.5) is 0 Å². The van der Waals surface area contributed by atoms with Gasteiger partial charge < -0.3 is 15.9 Å². The topological polar surface area (TPSA) is 101 Å². The van der Waals surface area contributed by atoms with E-state index in [-0.39, 0.29) is 12.0 Å². The van der Waals surface area contributed by atoms with Crippen molar-refractivity contribution in [3.05, 3.63) is 23.3 Å². The summed E-state index contributed by atoms with van der Waals surface area (Å²) in [6.07, 6.45) is 3.92. The van der Waals surface area contributed by atoms with Gasteiger partial charge in [-0.15, -0.1) is 0 Å². The third kappa shape index (κ3) is 3.44. The second-order valence-corrected chi connectivity index (χ2v) is 5.90. The molecule has 0 aromatic heterocycles. The third-order valence-corrected chi connectivity index (χ3v) is 3.66. The van der Waals surface area contributed by atoms with Crippen LogP contribution in [0, 0.1) is 5.41 Å². The van der Waals surface area contributed by atoms with Crippen molar-refractivity contribution in [3.8, 4) is 0 Å². The van der Waals surface area contributed by atoms with Gasteiger partial charge in [-0.25, -0.2) is 4.79 Å². The molecule has 0 spiro atoms. The van der Waals surface area contributed by atoms with Gasteiger partial charge in [0.2, 0.25) is 0 Å². The first kappa shape index (κ1) is 15.4. The van der Waals surface area contributed by atoms with E-state index in [1.165, 1.54) is 6.08 Å². The van der Waals surface area contributed by atoms with Gasteiger partial charge in [-0.05, 0) is 40.0 Å². The molecule has 0 aromatic carbocycles. The summed E-state index contributed by atoms with van der Waals surface area (Å²) in [6.45, 7) is 5.39. The molecule has 0 saturated carbocycles. The van der Waals surface area contributed by atoms with E-state index in [1.54, 1.807) is 13.0 Å². The highest BCUT2D eigenvalue weighted by molar-refractivity contribution is 5.90. The minimum atomic E-state index is -1.15. The second kappa shape index (κ2) is 5.17. The molecule has 5 nitrogen and oxygen atoms in total. The lowest BCUT2D eigenvalue weighted by molar-refractivity contribution is -0.147. The van der Waals surface area contributed by atoms with Crippen LogP contribution in [0.5, 0.6) is 0 Å². The average Bonchev–Trinajstić information content (AvgIpc) is 2.26. The molecule has 0 aliphatic heterocycles. The van der Waals surface area contributed by atoms with E-state index in [9.17, 15) is 14.7 Å². The Morgan fingerprint density at radius 3 is 2.37 bits per heavy atom. The molecule has 0 fully saturated rings. The first-order chi connectivity index (χ1) is 8.58. The van der Waals surface area contributed by atoms with Crippen molar-refractivity contribution in [2.24, 2.45) is 11.1 Å². The summed E-state index contributed by atoms with van der Waals surface area (Å²) in [5.74, 6) is -2.06. The number of nitrogens with two attached hydrogens (primary N) is 1. The zero-order valence-corrected chi connectivity index (χ0v) is 11.6. The lowest BCUT2D eigenvalue weighted by Gasteiger charge is -2.35. The molecule has 106 valence electrons. The Bertz CT molecular complexity index is 457. The molecule has 0 heterocycles. The van der Waals surface area contributed by atoms with E-state index in [0.29, 0.717) is 18.4 Å². The van der Waals surface area contributed by atoms with Crippen LogP contribution < -0.4 is 5.73 Å². The molecule has 1 unspecified atom stereocenters. The SMILES string of the molecule is CC1=CC=C(C(=O)O)CC1(CCC(C)(C)N)C(=O)O. The molecule has 19 heavy (non-hydrogen) atoms. The first-order valence-corrected chi connectivity index (χ1v) is 6.22. The third-order valence-electron chi connectivity index (χ3n) is 3.66. The molecule has 4 N–H and O–H groups in total. The summed E-state index contributed by atoms with van der Waals surface area (Å²) in [4.78, 5) is 22.7. The quantitative estimate of drug-likeness (QED) is 0.706. The van der Waals surface area contributed by atoms with Crippen molar-refractivity contribution >= 4 is 11.9 Å². The minimum Gasteiger partial charge on any atom is -0.481 e. The molecule has 5 heteroatoms. The van der Waals surface area contributed by atoms with Crippen LogP contribution >= 0.6 is 0 Å². The highest BCUT2D eigenvalue weighted by Crippen LogP contribution is 2.43. The molecule has 0 saturated heterocycles. The smallest absolute Gasteiger partial charge is 0.331 e. The van der Waals surface area contributed by atoms with Crippen LogP contribution in [0.1, 0.15) is 40.0 Å². The average molecular weight is 267 g/mol. The Kier molecular flexibility index (Phi) is 4.20. The molecule has 1 rings (SSSR count). The largest absolute Gasteiger partial charge is 0.481 e. The van der Waals surface area contributed by atoms with Crippen molar-refractivity contribution in [2.45, 2.75) is 45.6 Å². The Balaban J connectivity index is 3.08. The highest BCUT2D eigenvalue weighted by atomic mass is 16.4. The van der Waals surface area contributed by atoms with E-state index >= 15 is 0 Å². The number of hydrogen-bond donors (Lipinski definition) is 3. The van der Waals surface area contributed by atoms with Gasteiger partial charge in [-0.3, -0.25) is 4.79 Å². The number of rotatable bonds is 5. The van der Waals surface area contributed by atoms with Crippen LogP contribution in [0.25, 0.3) is 0 Å². The van der Waals surface area contributed by atoms with Crippen LogP contribution in [-0.2, 0) is 9.59 Å². The fourth-order valence-electron chi connectivity index (χ4n) is 2.23. The van der Waals surface area contributed by atoms with Gasteiger partial charge in [-0.1, -0.05) is 17.7 Å². The van der Waals surface area contributed by atoms with Gasteiger partial charge >= 0.3 is 11.9 Å². The summed E-state index contributed by atoms with van der Waals surface area (Å²) in [6, 6.07) is 0. The Morgan fingerprint density at radius 1 is 1.37 bits per heavy atom. The number of hydrogen-bond acceptors (Lipinski definition) is 3. The van der Waals surface area contributed by atoms with Crippen molar-refractivity contribution in [3.63, 3.8) is 0 Å². The molecular weight excluding hydrogens is 246 g/mol. The summed E-state index contributed by atoms with van der Waals surface area (Å²) in [7, 11) is 0. The Morgan fingerprint density at radius 2 is 1.95 bits per heavy atom. The van der Waals surface area contributed by atoms with Crippen molar-refractivity contribution < 1.29 is 19.8 Å².